The Labute approximate surface area is 168 Å². The molecule has 0 unspecified atom stereocenters. The van der Waals surface area contributed by atoms with Crippen molar-refractivity contribution >= 4 is 11.3 Å². The minimum atomic E-state index is 0.781. The van der Waals surface area contributed by atoms with Crippen LogP contribution in [0.25, 0.3) is 28.2 Å². The van der Waals surface area contributed by atoms with Crippen molar-refractivity contribution in [2.24, 2.45) is 0 Å². The lowest BCUT2D eigenvalue weighted by molar-refractivity contribution is 1.13. The SMILES string of the molecule is c1ccc(NCc2ccc(-c3cn4c(-c5cccnc5)cnc4cn3)cc2)cc1. The van der Waals surface area contributed by atoms with Crippen molar-refractivity contribution in [2.45, 2.75) is 6.54 Å². The van der Waals surface area contributed by atoms with E-state index >= 15 is 0 Å². The molecule has 5 heteroatoms. The molecule has 5 nitrogen and oxygen atoms in total. The molecule has 2 aromatic carbocycles. The molecule has 0 aliphatic rings. The molecule has 0 bridgehead atoms. The lowest BCUT2D eigenvalue weighted by Gasteiger charge is -2.08. The highest BCUT2D eigenvalue weighted by Gasteiger charge is 2.08. The minimum absolute atomic E-state index is 0.781. The van der Waals surface area contributed by atoms with Gasteiger partial charge in [0.15, 0.2) is 5.65 Å². The van der Waals surface area contributed by atoms with E-state index in [1.165, 1.54) is 5.56 Å². The molecule has 0 aliphatic heterocycles. The monoisotopic (exact) mass is 377 g/mol. The molecule has 3 aromatic heterocycles. The number of fused-ring (bicyclic) bond motifs is 1. The standard InChI is InChI=1S/C24H19N5/c1-2-6-21(7-3-1)26-13-18-8-10-19(11-9-18)22-17-29-23(15-28-24(29)16-27-22)20-5-4-12-25-14-20/h1-12,14-17,26H,13H2. The number of anilines is 1. The summed E-state index contributed by atoms with van der Waals surface area (Å²) in [5.74, 6) is 0. The van der Waals surface area contributed by atoms with E-state index in [1.807, 2.05) is 48.9 Å². The zero-order valence-electron chi connectivity index (χ0n) is 15.7. The second-order valence-electron chi connectivity index (χ2n) is 6.80. The van der Waals surface area contributed by atoms with Crippen LogP contribution >= 0.6 is 0 Å². The fourth-order valence-electron chi connectivity index (χ4n) is 3.32. The van der Waals surface area contributed by atoms with Gasteiger partial charge in [0.2, 0.25) is 0 Å². The second-order valence-corrected chi connectivity index (χ2v) is 6.80. The molecule has 1 N–H and O–H groups in total. The van der Waals surface area contributed by atoms with E-state index in [9.17, 15) is 0 Å². The fourth-order valence-corrected chi connectivity index (χ4v) is 3.32. The molecule has 0 radical (unpaired) electrons. The molecule has 0 fully saturated rings. The van der Waals surface area contributed by atoms with Crippen LogP contribution in [0.2, 0.25) is 0 Å². The van der Waals surface area contributed by atoms with Crippen molar-refractivity contribution in [1.29, 1.82) is 0 Å². The van der Waals surface area contributed by atoms with Gasteiger partial charge in [0.05, 0.1) is 23.8 Å². The molecule has 3 heterocycles. The highest BCUT2D eigenvalue weighted by atomic mass is 15.0. The smallest absolute Gasteiger partial charge is 0.155 e. The summed E-state index contributed by atoms with van der Waals surface area (Å²) in [4.78, 5) is 13.3. The van der Waals surface area contributed by atoms with Gasteiger partial charge in [-0.3, -0.25) is 14.4 Å². The van der Waals surface area contributed by atoms with Gasteiger partial charge in [-0.1, -0.05) is 42.5 Å². The molecule has 0 aliphatic carbocycles. The Hall–Kier alpha value is -3.99. The zero-order chi connectivity index (χ0) is 19.5. The van der Waals surface area contributed by atoms with E-state index in [0.717, 1.165) is 40.4 Å². The minimum Gasteiger partial charge on any atom is -0.381 e. The summed E-state index contributed by atoms with van der Waals surface area (Å²) in [6.07, 6.45) is 9.31. The van der Waals surface area contributed by atoms with Gasteiger partial charge in [-0.25, -0.2) is 4.98 Å². The molecule has 140 valence electrons. The van der Waals surface area contributed by atoms with Crippen molar-refractivity contribution in [3.63, 3.8) is 0 Å². The number of para-hydroxylation sites is 1. The first kappa shape index (κ1) is 17.1. The van der Waals surface area contributed by atoms with Crippen LogP contribution in [-0.2, 0) is 6.54 Å². The summed E-state index contributed by atoms with van der Waals surface area (Å²) >= 11 is 0. The van der Waals surface area contributed by atoms with Crippen LogP contribution in [0, 0.1) is 0 Å². The predicted molar refractivity (Wildman–Crippen MR) is 115 cm³/mol. The molecule has 0 amide bonds. The second kappa shape index (κ2) is 7.56. The average molecular weight is 377 g/mol. The number of rotatable bonds is 5. The first-order valence-corrected chi connectivity index (χ1v) is 9.48. The number of imidazole rings is 1. The molecule has 0 spiro atoms. The third kappa shape index (κ3) is 3.58. The maximum absolute atomic E-state index is 4.59. The van der Waals surface area contributed by atoms with Crippen molar-refractivity contribution < 1.29 is 0 Å². The number of hydrogen-bond acceptors (Lipinski definition) is 4. The molecule has 0 atom stereocenters. The quantitative estimate of drug-likeness (QED) is 0.465. The highest BCUT2D eigenvalue weighted by Crippen LogP contribution is 2.23. The third-order valence-corrected chi connectivity index (χ3v) is 4.87. The molecule has 0 saturated carbocycles. The lowest BCUT2D eigenvalue weighted by Crippen LogP contribution is -1.99. The Morgan fingerprint density at radius 1 is 0.759 bits per heavy atom. The van der Waals surface area contributed by atoms with Crippen LogP contribution in [0.5, 0.6) is 0 Å². The number of nitrogens with zero attached hydrogens (tertiary/aromatic N) is 4. The zero-order valence-corrected chi connectivity index (χ0v) is 15.7. The van der Waals surface area contributed by atoms with Crippen LogP contribution in [0.1, 0.15) is 5.56 Å². The van der Waals surface area contributed by atoms with Crippen molar-refractivity contribution in [3.8, 4) is 22.5 Å². The van der Waals surface area contributed by atoms with Crippen LogP contribution in [0.3, 0.4) is 0 Å². The summed E-state index contributed by atoms with van der Waals surface area (Å²) in [7, 11) is 0. The van der Waals surface area contributed by atoms with Gasteiger partial charge in [-0.2, -0.15) is 0 Å². The number of aromatic nitrogens is 4. The highest BCUT2D eigenvalue weighted by molar-refractivity contribution is 5.66. The Kier molecular flexibility index (Phi) is 4.47. The topological polar surface area (TPSA) is 55.1 Å². The molecule has 0 saturated heterocycles. The van der Waals surface area contributed by atoms with Crippen molar-refractivity contribution in [3.05, 3.63) is 103 Å². The Morgan fingerprint density at radius 3 is 2.41 bits per heavy atom. The van der Waals surface area contributed by atoms with Gasteiger partial charge in [-0.15, -0.1) is 0 Å². The molecule has 5 rings (SSSR count). The van der Waals surface area contributed by atoms with Gasteiger partial charge in [0.1, 0.15) is 0 Å². The number of pyridine rings is 1. The Balaban J connectivity index is 1.40. The van der Waals surface area contributed by atoms with Gasteiger partial charge in [0, 0.05) is 41.9 Å². The summed E-state index contributed by atoms with van der Waals surface area (Å²) in [5, 5.41) is 3.43. The lowest BCUT2D eigenvalue weighted by atomic mass is 10.1. The van der Waals surface area contributed by atoms with Gasteiger partial charge < -0.3 is 5.32 Å². The first-order valence-electron chi connectivity index (χ1n) is 9.48. The van der Waals surface area contributed by atoms with Crippen LogP contribution in [-0.4, -0.2) is 19.4 Å². The van der Waals surface area contributed by atoms with E-state index in [2.05, 4.69) is 61.1 Å². The van der Waals surface area contributed by atoms with Gasteiger partial charge in [0.25, 0.3) is 0 Å². The van der Waals surface area contributed by atoms with Crippen LogP contribution in [0.4, 0.5) is 5.69 Å². The number of benzene rings is 2. The normalized spacial score (nSPS) is 10.9. The summed E-state index contributed by atoms with van der Waals surface area (Å²) in [5.41, 5.74) is 7.16. The summed E-state index contributed by atoms with van der Waals surface area (Å²) < 4.78 is 2.06. The molecular formula is C24H19N5. The predicted octanol–water partition coefficient (Wildman–Crippen LogP) is 5.07. The molecule has 5 aromatic rings. The van der Waals surface area contributed by atoms with Gasteiger partial charge >= 0.3 is 0 Å². The van der Waals surface area contributed by atoms with Crippen molar-refractivity contribution in [1.82, 2.24) is 19.4 Å². The Bertz CT molecular complexity index is 1230. The van der Waals surface area contributed by atoms with E-state index in [1.54, 1.807) is 12.4 Å². The number of hydrogen-bond donors (Lipinski definition) is 1. The van der Waals surface area contributed by atoms with E-state index < -0.39 is 0 Å². The third-order valence-electron chi connectivity index (χ3n) is 4.87. The van der Waals surface area contributed by atoms with E-state index in [0.29, 0.717) is 0 Å². The molecule has 29 heavy (non-hydrogen) atoms. The average Bonchev–Trinajstić information content (AvgIpc) is 3.23. The number of nitrogens with one attached hydrogen (secondary N) is 1. The van der Waals surface area contributed by atoms with E-state index in [4.69, 9.17) is 0 Å². The summed E-state index contributed by atoms with van der Waals surface area (Å²) in [6, 6.07) is 22.7. The maximum atomic E-state index is 4.59. The maximum Gasteiger partial charge on any atom is 0.155 e. The van der Waals surface area contributed by atoms with Crippen molar-refractivity contribution in [2.75, 3.05) is 5.32 Å². The largest absolute Gasteiger partial charge is 0.381 e. The Morgan fingerprint density at radius 2 is 1.62 bits per heavy atom. The van der Waals surface area contributed by atoms with Gasteiger partial charge in [-0.05, 0) is 29.8 Å². The fraction of sp³-hybridized carbons (Fsp3) is 0.0417. The van der Waals surface area contributed by atoms with Crippen LogP contribution in [0.15, 0.2) is 97.7 Å². The first-order chi connectivity index (χ1) is 14.4. The van der Waals surface area contributed by atoms with Crippen LogP contribution < -0.4 is 5.32 Å². The summed E-state index contributed by atoms with van der Waals surface area (Å²) in [6.45, 7) is 0.781. The van der Waals surface area contributed by atoms with E-state index in [-0.39, 0.29) is 0 Å². The molecular weight excluding hydrogens is 358 g/mol.